The van der Waals surface area contributed by atoms with Gasteiger partial charge in [-0.15, -0.1) is 0 Å². The van der Waals surface area contributed by atoms with Crippen LogP contribution in [-0.4, -0.2) is 44.8 Å². The summed E-state index contributed by atoms with van der Waals surface area (Å²) in [6.07, 6.45) is 0. The summed E-state index contributed by atoms with van der Waals surface area (Å²) in [6, 6.07) is 7.07. The molecule has 1 aromatic rings. The lowest BCUT2D eigenvalue weighted by atomic mass is 9.93. The van der Waals surface area contributed by atoms with E-state index >= 15 is 0 Å². The summed E-state index contributed by atoms with van der Waals surface area (Å²) >= 11 is 0. The zero-order chi connectivity index (χ0) is 15.7. The summed E-state index contributed by atoms with van der Waals surface area (Å²) in [4.78, 5) is 2.24. The van der Waals surface area contributed by atoms with Crippen molar-refractivity contribution < 1.29 is 9.13 Å². The summed E-state index contributed by atoms with van der Waals surface area (Å²) in [5, 5.41) is 3.41. The van der Waals surface area contributed by atoms with Crippen LogP contribution in [0.1, 0.15) is 32.4 Å². The molecule has 1 N–H and O–H groups in total. The number of likely N-dealkylation sites (N-methyl/N-ethyl adjacent to an activating group) is 1. The van der Waals surface area contributed by atoms with Crippen LogP contribution in [0, 0.1) is 11.7 Å². The zero-order valence-electron chi connectivity index (χ0n) is 13.7. The van der Waals surface area contributed by atoms with E-state index < -0.39 is 0 Å². The lowest BCUT2D eigenvalue weighted by molar-refractivity contribution is 0.114. The Balaban J connectivity index is 2.65. The van der Waals surface area contributed by atoms with Gasteiger partial charge in [-0.3, -0.25) is 0 Å². The molecule has 3 nitrogen and oxygen atoms in total. The van der Waals surface area contributed by atoms with Gasteiger partial charge in [-0.1, -0.05) is 32.0 Å². The lowest BCUT2D eigenvalue weighted by Gasteiger charge is -2.29. The molecule has 4 heteroatoms. The van der Waals surface area contributed by atoms with E-state index in [0.717, 1.165) is 38.4 Å². The van der Waals surface area contributed by atoms with Crippen LogP contribution < -0.4 is 5.32 Å². The maximum Gasteiger partial charge on any atom is 0.127 e. The standard InChI is InChI=1S/C17H29FN2O/c1-5-19-17(15-9-7-8-10-16(15)18)14(3)13-20(4)11-12-21-6-2/h7-10,14,17,19H,5-6,11-13H2,1-4H3. The number of nitrogens with one attached hydrogen (secondary N) is 1. The number of hydrogen-bond acceptors (Lipinski definition) is 3. The number of nitrogens with zero attached hydrogens (tertiary/aromatic N) is 1. The van der Waals surface area contributed by atoms with Crippen molar-refractivity contribution in [1.82, 2.24) is 10.2 Å². The van der Waals surface area contributed by atoms with E-state index in [0.29, 0.717) is 5.92 Å². The molecule has 0 aromatic heterocycles. The quantitative estimate of drug-likeness (QED) is 0.672. The van der Waals surface area contributed by atoms with Gasteiger partial charge in [-0.2, -0.15) is 0 Å². The lowest BCUT2D eigenvalue weighted by Crippen LogP contribution is -2.36. The molecule has 2 atom stereocenters. The van der Waals surface area contributed by atoms with E-state index in [9.17, 15) is 4.39 Å². The fourth-order valence-electron chi connectivity index (χ4n) is 2.62. The highest BCUT2D eigenvalue weighted by Gasteiger charge is 2.22. The molecular formula is C17H29FN2O. The minimum absolute atomic E-state index is 0.0331. The van der Waals surface area contributed by atoms with Crippen LogP contribution in [0.25, 0.3) is 0 Å². The van der Waals surface area contributed by atoms with Crippen LogP contribution in [0.3, 0.4) is 0 Å². The molecule has 0 aliphatic carbocycles. The molecule has 1 aromatic carbocycles. The molecule has 1 rings (SSSR count). The monoisotopic (exact) mass is 296 g/mol. The maximum absolute atomic E-state index is 14.0. The van der Waals surface area contributed by atoms with Gasteiger partial charge in [0.15, 0.2) is 0 Å². The van der Waals surface area contributed by atoms with Gasteiger partial charge in [0.2, 0.25) is 0 Å². The summed E-state index contributed by atoms with van der Waals surface area (Å²) in [6.45, 7) is 10.3. The largest absolute Gasteiger partial charge is 0.380 e. The molecule has 0 aliphatic heterocycles. The minimum atomic E-state index is -0.132. The normalized spacial score (nSPS) is 14.4. The van der Waals surface area contributed by atoms with Crippen LogP contribution in [0.4, 0.5) is 4.39 Å². The van der Waals surface area contributed by atoms with E-state index in [2.05, 4.69) is 31.1 Å². The molecule has 0 amide bonds. The zero-order valence-corrected chi connectivity index (χ0v) is 13.7. The highest BCUT2D eigenvalue weighted by Crippen LogP contribution is 2.24. The van der Waals surface area contributed by atoms with Crippen LogP contribution in [0.2, 0.25) is 0 Å². The molecule has 0 radical (unpaired) electrons. The second-order valence-corrected chi connectivity index (χ2v) is 5.49. The van der Waals surface area contributed by atoms with E-state index in [1.54, 1.807) is 6.07 Å². The van der Waals surface area contributed by atoms with Crippen molar-refractivity contribution in [2.24, 2.45) is 5.92 Å². The van der Waals surface area contributed by atoms with Crippen molar-refractivity contribution in [1.29, 1.82) is 0 Å². The summed E-state index contributed by atoms with van der Waals surface area (Å²) < 4.78 is 19.4. The number of halogens is 1. The van der Waals surface area contributed by atoms with Gasteiger partial charge in [-0.25, -0.2) is 4.39 Å². The van der Waals surface area contributed by atoms with Gasteiger partial charge in [-0.05, 0) is 32.5 Å². The van der Waals surface area contributed by atoms with E-state index in [1.807, 2.05) is 19.1 Å². The first-order valence-corrected chi connectivity index (χ1v) is 7.84. The van der Waals surface area contributed by atoms with Gasteiger partial charge >= 0.3 is 0 Å². The van der Waals surface area contributed by atoms with E-state index in [-0.39, 0.29) is 11.9 Å². The Hall–Kier alpha value is -0.970. The minimum Gasteiger partial charge on any atom is -0.380 e. The Morgan fingerprint density at radius 3 is 2.62 bits per heavy atom. The maximum atomic E-state index is 14.0. The van der Waals surface area contributed by atoms with Gasteiger partial charge in [0, 0.05) is 31.3 Å². The topological polar surface area (TPSA) is 24.5 Å². The number of rotatable bonds is 10. The molecular weight excluding hydrogens is 267 g/mol. The van der Waals surface area contributed by atoms with Crippen LogP contribution in [0.15, 0.2) is 24.3 Å². The molecule has 0 saturated carbocycles. The number of ether oxygens (including phenoxy) is 1. The summed E-state index contributed by atoms with van der Waals surface area (Å²) in [5.74, 6) is 0.181. The molecule has 0 bridgehead atoms. The van der Waals surface area contributed by atoms with E-state index in [1.165, 1.54) is 6.07 Å². The van der Waals surface area contributed by atoms with Crippen molar-refractivity contribution in [2.75, 3.05) is 39.9 Å². The highest BCUT2D eigenvalue weighted by molar-refractivity contribution is 5.22. The van der Waals surface area contributed by atoms with Crippen molar-refractivity contribution >= 4 is 0 Å². The molecule has 120 valence electrons. The third-order valence-corrected chi connectivity index (χ3v) is 3.65. The molecule has 0 aliphatic rings. The molecule has 0 fully saturated rings. The Morgan fingerprint density at radius 1 is 1.29 bits per heavy atom. The first-order chi connectivity index (χ1) is 10.1. The third-order valence-electron chi connectivity index (χ3n) is 3.65. The van der Waals surface area contributed by atoms with E-state index in [4.69, 9.17) is 4.74 Å². The van der Waals surface area contributed by atoms with Gasteiger partial charge in [0.25, 0.3) is 0 Å². The van der Waals surface area contributed by atoms with Crippen LogP contribution in [0.5, 0.6) is 0 Å². The SMILES string of the molecule is CCNC(c1ccccc1F)C(C)CN(C)CCOCC. The second-order valence-electron chi connectivity index (χ2n) is 5.49. The smallest absolute Gasteiger partial charge is 0.127 e. The summed E-state index contributed by atoms with van der Waals surface area (Å²) in [5.41, 5.74) is 0.755. The average molecular weight is 296 g/mol. The average Bonchev–Trinajstić information content (AvgIpc) is 2.46. The predicted molar refractivity (Wildman–Crippen MR) is 86.0 cm³/mol. The third kappa shape index (κ3) is 6.12. The molecule has 21 heavy (non-hydrogen) atoms. The predicted octanol–water partition coefficient (Wildman–Crippen LogP) is 3.08. The van der Waals surface area contributed by atoms with Crippen LogP contribution in [-0.2, 0) is 4.74 Å². The van der Waals surface area contributed by atoms with Crippen molar-refractivity contribution in [2.45, 2.75) is 26.8 Å². The molecule has 0 saturated heterocycles. The first kappa shape index (κ1) is 18.1. The molecule has 2 unspecified atom stereocenters. The molecule has 0 heterocycles. The number of benzene rings is 1. The second kappa shape index (κ2) is 9.87. The van der Waals surface area contributed by atoms with Crippen molar-refractivity contribution in [3.8, 4) is 0 Å². The highest BCUT2D eigenvalue weighted by atomic mass is 19.1. The first-order valence-electron chi connectivity index (χ1n) is 7.84. The van der Waals surface area contributed by atoms with Crippen molar-refractivity contribution in [3.05, 3.63) is 35.6 Å². The van der Waals surface area contributed by atoms with Crippen molar-refractivity contribution in [3.63, 3.8) is 0 Å². The van der Waals surface area contributed by atoms with Crippen LogP contribution >= 0.6 is 0 Å². The Kier molecular flexibility index (Phi) is 8.50. The Bertz CT molecular complexity index is 400. The molecule has 0 spiro atoms. The van der Waals surface area contributed by atoms with Gasteiger partial charge < -0.3 is 15.0 Å². The fourth-order valence-corrected chi connectivity index (χ4v) is 2.62. The number of hydrogen-bond donors (Lipinski definition) is 1. The summed E-state index contributed by atoms with van der Waals surface area (Å²) in [7, 11) is 2.08. The fraction of sp³-hybridized carbons (Fsp3) is 0.647. The van der Waals surface area contributed by atoms with Gasteiger partial charge in [0.1, 0.15) is 5.82 Å². The van der Waals surface area contributed by atoms with Gasteiger partial charge in [0.05, 0.1) is 6.61 Å². The Morgan fingerprint density at radius 2 is 2.00 bits per heavy atom. The Labute approximate surface area is 128 Å².